The quantitative estimate of drug-likeness (QED) is 0.394. The van der Waals surface area contributed by atoms with Crippen LogP contribution in [0.2, 0.25) is 5.02 Å². The average Bonchev–Trinajstić information content (AvgIpc) is 2.79. The first-order chi connectivity index (χ1) is 17.7. The molecule has 3 aromatic carbocycles. The van der Waals surface area contributed by atoms with Crippen molar-refractivity contribution in [3.63, 3.8) is 0 Å². The third kappa shape index (κ3) is 5.27. The smallest absolute Gasteiger partial charge is 0.332 e. The zero-order valence-electron chi connectivity index (χ0n) is 21.8. The van der Waals surface area contributed by atoms with Gasteiger partial charge in [0, 0.05) is 29.4 Å². The Morgan fingerprint density at radius 2 is 1.55 bits per heavy atom. The third-order valence-electron chi connectivity index (χ3n) is 6.80. The maximum Gasteiger partial charge on any atom is 0.332 e. The Labute approximate surface area is 227 Å². The Kier molecular flexibility index (Phi) is 7.31. The molecule has 0 bridgehead atoms. The molecule has 3 N–H and O–H groups in total. The fraction of sp³-hybridized carbons (Fsp3) is 0.286. The number of likely N-dealkylation sites (tertiary alicyclic amines) is 1. The van der Waals surface area contributed by atoms with Crippen molar-refractivity contribution in [3.8, 4) is 11.1 Å². The summed E-state index contributed by atoms with van der Waals surface area (Å²) in [6, 6.07) is 13.9. The van der Waals surface area contributed by atoms with Crippen LogP contribution in [0.5, 0.6) is 0 Å². The van der Waals surface area contributed by atoms with Crippen molar-refractivity contribution < 1.29 is 23.1 Å². The molecule has 38 heavy (non-hydrogen) atoms. The van der Waals surface area contributed by atoms with Crippen LogP contribution in [-0.2, 0) is 14.8 Å². The molecule has 0 unspecified atom stereocenters. The van der Waals surface area contributed by atoms with E-state index in [0.29, 0.717) is 38.5 Å². The number of rotatable bonds is 7. The molecule has 200 valence electrons. The summed E-state index contributed by atoms with van der Waals surface area (Å²) < 4.78 is 28.9. The van der Waals surface area contributed by atoms with Gasteiger partial charge in [0.05, 0.1) is 4.90 Å². The molecule has 1 aliphatic rings. The molecular formula is C28H30ClN3O5S. The molecule has 8 nitrogen and oxygen atoms in total. The highest BCUT2D eigenvalue weighted by molar-refractivity contribution is 7.92. The lowest BCUT2D eigenvalue weighted by Crippen LogP contribution is -2.73. The van der Waals surface area contributed by atoms with Gasteiger partial charge in [0.25, 0.3) is 15.9 Å². The van der Waals surface area contributed by atoms with Gasteiger partial charge < -0.3 is 15.3 Å². The van der Waals surface area contributed by atoms with Gasteiger partial charge in [-0.15, -0.1) is 0 Å². The van der Waals surface area contributed by atoms with Gasteiger partial charge in [0.15, 0.2) is 5.54 Å². The van der Waals surface area contributed by atoms with Gasteiger partial charge in [-0.05, 0) is 92.4 Å². The maximum absolute atomic E-state index is 13.1. The predicted octanol–water partition coefficient (Wildman–Crippen LogP) is 4.54. The van der Waals surface area contributed by atoms with E-state index >= 15 is 0 Å². The van der Waals surface area contributed by atoms with Crippen LogP contribution >= 0.6 is 11.6 Å². The Hall–Kier alpha value is -3.40. The fourth-order valence-corrected chi connectivity index (χ4v) is 6.51. The normalized spacial score (nSPS) is 15.0. The Balaban J connectivity index is 1.61. The summed E-state index contributed by atoms with van der Waals surface area (Å²) in [7, 11) is -2.06. The standard InChI is InChI=1S/C28H30ClN3O5S/c1-16-12-24(17(2)11-23(16)29)38(36,37)31-22-8-6-7-20(13-22)21-9-18(3)25(19(4)10-21)26(33)30-28(27(34)35)14-32(5)15-28/h6-13,31H,14-15H2,1-5H3,(H,30,33)(H,34,35). The number of aliphatic carboxylic acids is 1. The molecule has 1 heterocycles. The second kappa shape index (κ2) is 10.1. The number of carboxylic acid groups (broad SMARTS) is 1. The maximum atomic E-state index is 13.1. The Bertz CT molecular complexity index is 1540. The van der Waals surface area contributed by atoms with E-state index in [1.807, 2.05) is 23.1 Å². The van der Waals surface area contributed by atoms with Crippen molar-refractivity contribution in [2.75, 3.05) is 24.9 Å². The number of benzene rings is 3. The first-order valence-corrected chi connectivity index (χ1v) is 13.8. The molecular weight excluding hydrogens is 526 g/mol. The minimum absolute atomic E-state index is 0.156. The predicted molar refractivity (Wildman–Crippen MR) is 148 cm³/mol. The van der Waals surface area contributed by atoms with Crippen molar-refractivity contribution in [1.29, 1.82) is 0 Å². The van der Waals surface area contributed by atoms with Crippen molar-refractivity contribution in [3.05, 3.63) is 81.4 Å². The Morgan fingerprint density at radius 1 is 0.921 bits per heavy atom. The minimum Gasteiger partial charge on any atom is -0.479 e. The highest BCUT2D eigenvalue weighted by Gasteiger charge is 2.49. The van der Waals surface area contributed by atoms with Crippen molar-refractivity contribution in [2.45, 2.75) is 38.1 Å². The first-order valence-electron chi connectivity index (χ1n) is 12.0. The largest absolute Gasteiger partial charge is 0.479 e. The van der Waals surface area contributed by atoms with Crippen LogP contribution in [-0.4, -0.2) is 56.0 Å². The summed E-state index contributed by atoms with van der Waals surface area (Å²) in [5.74, 6) is -1.49. The van der Waals surface area contributed by atoms with E-state index in [1.54, 1.807) is 65.1 Å². The van der Waals surface area contributed by atoms with Crippen molar-refractivity contribution in [2.24, 2.45) is 0 Å². The van der Waals surface area contributed by atoms with Crippen LogP contribution in [0.15, 0.2) is 53.4 Å². The number of aryl methyl sites for hydroxylation is 4. The zero-order valence-corrected chi connectivity index (χ0v) is 23.4. The summed E-state index contributed by atoms with van der Waals surface area (Å²) in [5, 5.41) is 12.9. The molecule has 1 fully saturated rings. The van der Waals surface area contributed by atoms with Gasteiger partial charge in [-0.2, -0.15) is 0 Å². The summed E-state index contributed by atoms with van der Waals surface area (Å²) in [5.41, 5.74) is 3.66. The van der Waals surface area contributed by atoms with E-state index < -0.39 is 27.4 Å². The third-order valence-corrected chi connectivity index (χ3v) is 8.73. The number of carbonyl (C=O) groups is 2. The van der Waals surface area contributed by atoms with Crippen LogP contribution in [0.4, 0.5) is 5.69 Å². The number of anilines is 1. The number of carbonyl (C=O) groups excluding carboxylic acids is 1. The van der Waals surface area contributed by atoms with Gasteiger partial charge in [-0.1, -0.05) is 35.9 Å². The molecule has 4 rings (SSSR count). The zero-order chi connectivity index (χ0) is 28.0. The number of hydrogen-bond donors (Lipinski definition) is 3. The van der Waals surface area contributed by atoms with E-state index in [-0.39, 0.29) is 18.0 Å². The van der Waals surface area contributed by atoms with Gasteiger partial charge in [-0.25, -0.2) is 13.2 Å². The van der Waals surface area contributed by atoms with Crippen LogP contribution in [0.3, 0.4) is 0 Å². The van der Waals surface area contributed by atoms with E-state index in [1.165, 1.54) is 0 Å². The number of likely N-dealkylation sites (N-methyl/N-ethyl adjacent to an activating group) is 1. The number of hydrogen-bond acceptors (Lipinski definition) is 5. The van der Waals surface area contributed by atoms with E-state index in [2.05, 4.69) is 10.0 Å². The van der Waals surface area contributed by atoms with Gasteiger partial charge in [-0.3, -0.25) is 9.52 Å². The highest BCUT2D eigenvalue weighted by Crippen LogP contribution is 2.30. The van der Waals surface area contributed by atoms with Crippen LogP contribution in [0, 0.1) is 27.7 Å². The molecule has 1 amide bonds. The highest BCUT2D eigenvalue weighted by atomic mass is 35.5. The topological polar surface area (TPSA) is 116 Å². The molecule has 0 aromatic heterocycles. The molecule has 0 radical (unpaired) electrons. The molecule has 10 heteroatoms. The second-order valence-corrected chi connectivity index (χ2v) is 12.1. The lowest BCUT2D eigenvalue weighted by Gasteiger charge is -2.45. The van der Waals surface area contributed by atoms with Crippen LogP contribution in [0.25, 0.3) is 11.1 Å². The summed E-state index contributed by atoms with van der Waals surface area (Å²) in [6.07, 6.45) is 0. The second-order valence-electron chi connectivity index (χ2n) is 10.1. The van der Waals surface area contributed by atoms with E-state index in [4.69, 9.17) is 11.6 Å². The lowest BCUT2D eigenvalue weighted by atomic mass is 9.89. The van der Waals surface area contributed by atoms with Gasteiger partial charge in [0.2, 0.25) is 0 Å². The fourth-order valence-electron chi connectivity index (χ4n) is 4.93. The summed E-state index contributed by atoms with van der Waals surface area (Å²) in [6.45, 7) is 7.52. The molecule has 1 aliphatic heterocycles. The molecule has 0 aliphatic carbocycles. The molecule has 0 spiro atoms. The molecule has 1 saturated heterocycles. The number of sulfonamides is 1. The summed E-state index contributed by atoms with van der Waals surface area (Å²) in [4.78, 5) is 26.9. The summed E-state index contributed by atoms with van der Waals surface area (Å²) >= 11 is 6.13. The van der Waals surface area contributed by atoms with E-state index in [9.17, 15) is 23.1 Å². The first kappa shape index (κ1) is 27.6. The number of halogens is 1. The molecule has 0 saturated carbocycles. The number of nitrogens with zero attached hydrogens (tertiary/aromatic N) is 1. The SMILES string of the molecule is Cc1cc(S(=O)(=O)Nc2cccc(-c3cc(C)c(C(=O)NC4(C(=O)O)CN(C)C4)c(C)c3)c2)c(C)cc1Cl. The van der Waals surface area contributed by atoms with Gasteiger partial charge >= 0.3 is 5.97 Å². The van der Waals surface area contributed by atoms with Gasteiger partial charge in [0.1, 0.15) is 0 Å². The van der Waals surface area contributed by atoms with Crippen LogP contribution in [0.1, 0.15) is 32.6 Å². The average molecular weight is 556 g/mol. The number of amides is 1. The van der Waals surface area contributed by atoms with E-state index in [0.717, 1.165) is 11.1 Å². The van der Waals surface area contributed by atoms with Crippen molar-refractivity contribution >= 4 is 39.2 Å². The molecule has 3 aromatic rings. The van der Waals surface area contributed by atoms with Crippen LogP contribution < -0.4 is 10.0 Å². The minimum atomic E-state index is -3.85. The number of nitrogens with one attached hydrogen (secondary N) is 2. The molecule has 0 atom stereocenters. The Morgan fingerprint density at radius 3 is 2.13 bits per heavy atom. The number of carboxylic acids is 1. The monoisotopic (exact) mass is 555 g/mol. The lowest BCUT2D eigenvalue weighted by molar-refractivity contribution is -0.151. The van der Waals surface area contributed by atoms with Crippen molar-refractivity contribution in [1.82, 2.24) is 10.2 Å².